The standard InChI is InChI=1S/C8H9FO4/c1-4-5-8(9,6(10)12-2)7(11)13-3/h1H,5H2,2-3H3. The fraction of sp³-hybridized carbons (Fsp3) is 0.500. The maximum Gasteiger partial charge on any atom is 0.356 e. The summed E-state index contributed by atoms with van der Waals surface area (Å²) in [6.45, 7) is 0. The van der Waals surface area contributed by atoms with E-state index in [1.807, 2.05) is 5.92 Å². The van der Waals surface area contributed by atoms with Crippen molar-refractivity contribution in [2.24, 2.45) is 0 Å². The Hall–Kier alpha value is -1.57. The molecule has 0 radical (unpaired) electrons. The van der Waals surface area contributed by atoms with Crippen LogP contribution in [0.5, 0.6) is 0 Å². The number of halogens is 1. The lowest BCUT2D eigenvalue weighted by molar-refractivity contribution is -0.170. The van der Waals surface area contributed by atoms with E-state index in [0.29, 0.717) is 0 Å². The van der Waals surface area contributed by atoms with Gasteiger partial charge in [0.05, 0.1) is 20.6 Å². The Morgan fingerprint density at radius 3 is 2.00 bits per heavy atom. The molecule has 0 amide bonds. The highest BCUT2D eigenvalue weighted by atomic mass is 19.1. The number of methoxy groups -OCH3 is 2. The Labute approximate surface area is 75.0 Å². The molecule has 0 aromatic heterocycles. The van der Waals surface area contributed by atoms with Crippen LogP contribution >= 0.6 is 0 Å². The first kappa shape index (κ1) is 11.4. The van der Waals surface area contributed by atoms with Crippen molar-refractivity contribution < 1.29 is 23.5 Å². The normalized spacial score (nSPS) is 10.0. The molecule has 0 saturated heterocycles. The molecular weight excluding hydrogens is 179 g/mol. The molecule has 0 aliphatic rings. The zero-order chi connectivity index (χ0) is 10.5. The molecule has 0 N–H and O–H groups in total. The number of carbonyl (C=O) groups is 2. The molecule has 0 fully saturated rings. The summed E-state index contributed by atoms with van der Waals surface area (Å²) in [6.07, 6.45) is 4.09. The van der Waals surface area contributed by atoms with Gasteiger partial charge in [0.15, 0.2) is 0 Å². The first-order valence-corrected chi connectivity index (χ1v) is 3.32. The quantitative estimate of drug-likeness (QED) is 0.357. The average Bonchev–Trinajstić information content (AvgIpc) is 2.15. The van der Waals surface area contributed by atoms with Crippen molar-refractivity contribution in [3.63, 3.8) is 0 Å². The second-order valence-corrected chi connectivity index (χ2v) is 2.17. The topological polar surface area (TPSA) is 52.6 Å². The predicted octanol–water partition coefficient (Wildman–Crippen LogP) is 0.0640. The Morgan fingerprint density at radius 2 is 1.77 bits per heavy atom. The highest BCUT2D eigenvalue weighted by Gasteiger charge is 2.48. The molecule has 0 rings (SSSR count). The van der Waals surface area contributed by atoms with E-state index < -0.39 is 24.0 Å². The second-order valence-electron chi connectivity index (χ2n) is 2.17. The van der Waals surface area contributed by atoms with Crippen molar-refractivity contribution in [1.29, 1.82) is 0 Å². The lowest BCUT2D eigenvalue weighted by atomic mass is 10.0. The molecule has 0 saturated carbocycles. The van der Waals surface area contributed by atoms with Crippen LogP contribution in [0, 0.1) is 12.3 Å². The number of alkyl halides is 1. The molecular formula is C8H9FO4. The molecule has 0 unspecified atom stereocenters. The highest BCUT2D eigenvalue weighted by Crippen LogP contribution is 2.19. The second kappa shape index (κ2) is 4.45. The molecule has 72 valence electrons. The third-order valence-electron chi connectivity index (χ3n) is 1.36. The molecule has 0 atom stereocenters. The van der Waals surface area contributed by atoms with Crippen LogP contribution in [-0.4, -0.2) is 31.8 Å². The average molecular weight is 188 g/mol. The zero-order valence-corrected chi connectivity index (χ0v) is 7.30. The number of esters is 2. The minimum absolute atomic E-state index is 0.702. The molecule has 5 heteroatoms. The summed E-state index contributed by atoms with van der Waals surface area (Å²) in [7, 11) is 1.91. The SMILES string of the molecule is C#CCC(F)(C(=O)OC)C(=O)OC. The number of ether oxygens (including phenoxy) is 2. The van der Waals surface area contributed by atoms with Crippen LogP contribution in [0.3, 0.4) is 0 Å². The van der Waals surface area contributed by atoms with Gasteiger partial charge in [0.25, 0.3) is 0 Å². The Morgan fingerprint density at radius 1 is 1.38 bits per heavy atom. The minimum atomic E-state index is -2.89. The zero-order valence-electron chi connectivity index (χ0n) is 7.30. The van der Waals surface area contributed by atoms with E-state index in [4.69, 9.17) is 6.42 Å². The van der Waals surface area contributed by atoms with Gasteiger partial charge in [-0.05, 0) is 0 Å². The first-order chi connectivity index (χ1) is 6.02. The summed E-state index contributed by atoms with van der Waals surface area (Å²) in [6, 6.07) is 0. The van der Waals surface area contributed by atoms with Crippen LogP contribution in [0.25, 0.3) is 0 Å². The maximum atomic E-state index is 13.5. The molecule has 0 heterocycles. The molecule has 0 aromatic rings. The van der Waals surface area contributed by atoms with Gasteiger partial charge in [-0.2, -0.15) is 0 Å². The highest BCUT2D eigenvalue weighted by molar-refractivity contribution is 6.03. The van der Waals surface area contributed by atoms with E-state index in [-0.39, 0.29) is 0 Å². The minimum Gasteiger partial charge on any atom is -0.466 e. The fourth-order valence-corrected chi connectivity index (χ4v) is 0.692. The van der Waals surface area contributed by atoms with Crippen LogP contribution in [0.4, 0.5) is 4.39 Å². The van der Waals surface area contributed by atoms with Gasteiger partial charge >= 0.3 is 17.6 Å². The first-order valence-electron chi connectivity index (χ1n) is 3.32. The van der Waals surface area contributed by atoms with Crippen LogP contribution < -0.4 is 0 Å². The van der Waals surface area contributed by atoms with Gasteiger partial charge < -0.3 is 9.47 Å². The van der Waals surface area contributed by atoms with Crippen molar-refractivity contribution in [2.45, 2.75) is 12.1 Å². The van der Waals surface area contributed by atoms with Crippen LogP contribution in [0.2, 0.25) is 0 Å². The van der Waals surface area contributed by atoms with Gasteiger partial charge in [0.2, 0.25) is 0 Å². The number of rotatable bonds is 3. The lowest BCUT2D eigenvalue weighted by Gasteiger charge is -2.16. The lowest BCUT2D eigenvalue weighted by Crippen LogP contribution is -2.43. The van der Waals surface area contributed by atoms with Crippen LogP contribution in [0.1, 0.15) is 6.42 Å². The Balaban J connectivity index is 4.84. The van der Waals surface area contributed by atoms with Gasteiger partial charge in [-0.15, -0.1) is 12.3 Å². The smallest absolute Gasteiger partial charge is 0.356 e. The third kappa shape index (κ3) is 2.18. The maximum absolute atomic E-state index is 13.5. The molecule has 13 heavy (non-hydrogen) atoms. The summed E-state index contributed by atoms with van der Waals surface area (Å²) >= 11 is 0. The monoisotopic (exact) mass is 188 g/mol. The van der Waals surface area contributed by atoms with E-state index in [1.54, 1.807) is 0 Å². The van der Waals surface area contributed by atoms with Crippen molar-refractivity contribution in [3.8, 4) is 12.3 Å². The molecule has 0 spiro atoms. The van der Waals surface area contributed by atoms with Crippen LogP contribution in [0.15, 0.2) is 0 Å². The van der Waals surface area contributed by atoms with Crippen molar-refractivity contribution in [1.82, 2.24) is 0 Å². The largest absolute Gasteiger partial charge is 0.466 e. The van der Waals surface area contributed by atoms with E-state index in [1.165, 1.54) is 0 Å². The number of terminal acetylenes is 1. The number of hydrogen-bond acceptors (Lipinski definition) is 4. The van der Waals surface area contributed by atoms with E-state index in [2.05, 4.69) is 9.47 Å². The van der Waals surface area contributed by atoms with Crippen molar-refractivity contribution in [2.75, 3.05) is 14.2 Å². The van der Waals surface area contributed by atoms with Crippen LogP contribution in [-0.2, 0) is 19.1 Å². The molecule has 0 aliphatic heterocycles. The summed E-state index contributed by atoms with van der Waals surface area (Å²) < 4.78 is 21.6. The Kier molecular flexibility index (Phi) is 3.92. The van der Waals surface area contributed by atoms with E-state index >= 15 is 0 Å². The van der Waals surface area contributed by atoms with Gasteiger partial charge in [0, 0.05) is 0 Å². The molecule has 0 aromatic carbocycles. The molecule has 4 nitrogen and oxygen atoms in total. The van der Waals surface area contributed by atoms with Crippen molar-refractivity contribution in [3.05, 3.63) is 0 Å². The summed E-state index contributed by atoms with van der Waals surface area (Å²) in [5, 5.41) is 0. The van der Waals surface area contributed by atoms with Gasteiger partial charge in [-0.1, -0.05) is 0 Å². The Bertz CT molecular complexity index is 237. The van der Waals surface area contributed by atoms with E-state index in [9.17, 15) is 14.0 Å². The number of carbonyl (C=O) groups excluding carboxylic acids is 2. The van der Waals surface area contributed by atoms with Gasteiger partial charge in [-0.3, -0.25) is 0 Å². The summed E-state index contributed by atoms with van der Waals surface area (Å²) in [4.78, 5) is 21.7. The number of hydrogen-bond donors (Lipinski definition) is 0. The van der Waals surface area contributed by atoms with E-state index in [0.717, 1.165) is 14.2 Å². The van der Waals surface area contributed by atoms with Crippen molar-refractivity contribution >= 4 is 11.9 Å². The van der Waals surface area contributed by atoms with Gasteiger partial charge in [0.1, 0.15) is 0 Å². The molecule has 0 bridgehead atoms. The summed E-state index contributed by atoms with van der Waals surface area (Å²) in [5.41, 5.74) is -2.89. The summed E-state index contributed by atoms with van der Waals surface area (Å²) in [5.74, 6) is -0.837. The molecule has 0 aliphatic carbocycles. The third-order valence-corrected chi connectivity index (χ3v) is 1.36. The van der Waals surface area contributed by atoms with Gasteiger partial charge in [-0.25, -0.2) is 14.0 Å². The fourth-order valence-electron chi connectivity index (χ4n) is 0.692. The predicted molar refractivity (Wildman–Crippen MR) is 41.3 cm³/mol.